The average Bonchev–Trinajstić information content (AvgIpc) is 3.40. The van der Waals surface area contributed by atoms with Gasteiger partial charge in [-0.1, -0.05) is 23.5 Å². The molecule has 0 aliphatic heterocycles. The van der Waals surface area contributed by atoms with Gasteiger partial charge >= 0.3 is 0 Å². The van der Waals surface area contributed by atoms with Crippen LogP contribution < -0.4 is 10.1 Å². The molecule has 0 saturated carbocycles. The van der Waals surface area contributed by atoms with Crippen molar-refractivity contribution in [1.82, 2.24) is 19.7 Å². The number of aromatic nitrogens is 4. The number of nitro groups is 1. The van der Waals surface area contributed by atoms with Gasteiger partial charge in [0.15, 0.2) is 9.50 Å². The van der Waals surface area contributed by atoms with Crippen LogP contribution in [0.5, 0.6) is 5.75 Å². The third kappa shape index (κ3) is 5.61. The summed E-state index contributed by atoms with van der Waals surface area (Å²) in [6.07, 6.45) is 1.59. The summed E-state index contributed by atoms with van der Waals surface area (Å²) < 4.78 is 8.83. The Morgan fingerprint density at radius 3 is 2.85 bits per heavy atom. The Kier molecular flexibility index (Phi) is 7.11. The summed E-state index contributed by atoms with van der Waals surface area (Å²) in [6.45, 7) is 0. The minimum Gasteiger partial charge on any atom is -0.496 e. The molecule has 13 heteroatoms. The number of rotatable bonds is 9. The van der Waals surface area contributed by atoms with Crippen LogP contribution in [-0.4, -0.2) is 43.4 Å². The zero-order valence-electron chi connectivity index (χ0n) is 17.5. The average molecular weight is 503 g/mol. The fourth-order valence-electron chi connectivity index (χ4n) is 2.90. The lowest BCUT2D eigenvalue weighted by Crippen LogP contribution is -2.14. The molecule has 0 bridgehead atoms. The van der Waals surface area contributed by atoms with Gasteiger partial charge in [-0.15, -0.1) is 21.5 Å². The van der Waals surface area contributed by atoms with E-state index in [1.165, 1.54) is 54.1 Å². The molecule has 2 aromatic heterocycles. The number of hydrogen-bond donors (Lipinski definition) is 1. The molecule has 1 N–H and O–H groups in total. The zero-order chi connectivity index (χ0) is 23.4. The molecule has 0 aliphatic carbocycles. The van der Waals surface area contributed by atoms with Crippen LogP contribution in [0.15, 0.2) is 52.2 Å². The molecule has 1 amide bonds. The summed E-state index contributed by atoms with van der Waals surface area (Å²) >= 11 is 4.28. The number of thiazole rings is 1. The molecule has 0 atom stereocenters. The van der Waals surface area contributed by atoms with Gasteiger partial charge in [0, 0.05) is 36.2 Å². The Morgan fingerprint density at radius 2 is 2.12 bits per heavy atom. The highest BCUT2D eigenvalue weighted by Crippen LogP contribution is 2.35. The number of nitro benzene ring substituents is 1. The molecule has 10 nitrogen and oxygen atoms in total. The van der Waals surface area contributed by atoms with Crippen molar-refractivity contribution in [3.05, 3.63) is 58.4 Å². The van der Waals surface area contributed by atoms with Crippen molar-refractivity contribution in [1.29, 1.82) is 0 Å². The maximum Gasteiger partial charge on any atom is 0.270 e. The number of nitrogens with zero attached hydrogens (tertiary/aromatic N) is 5. The van der Waals surface area contributed by atoms with Crippen LogP contribution in [0, 0.1) is 10.1 Å². The first kappa shape index (κ1) is 23.0. The summed E-state index contributed by atoms with van der Waals surface area (Å²) in [7, 11) is 3.36. The standard InChI is InChI=1S/C20H18N6O4S3/c1-25-11-21-24-19(25)31-10-18(27)22-13-3-5-15-17(8-13)33-20(23-15)32-9-12-7-14(26(28)29)4-6-16(12)30-2/h3-8,11H,9-10H2,1-2H3,(H,22,27). The summed E-state index contributed by atoms with van der Waals surface area (Å²) in [5, 5.41) is 22.4. The number of fused-ring (bicyclic) bond motifs is 1. The number of carbonyl (C=O) groups excluding carboxylic acids is 1. The van der Waals surface area contributed by atoms with E-state index in [-0.39, 0.29) is 17.3 Å². The van der Waals surface area contributed by atoms with Crippen molar-refractivity contribution in [2.45, 2.75) is 15.2 Å². The molecule has 170 valence electrons. The quantitative estimate of drug-likeness (QED) is 0.202. The Labute approximate surface area is 200 Å². The molecular formula is C20H18N6O4S3. The van der Waals surface area contributed by atoms with Crippen LogP contribution in [0.4, 0.5) is 11.4 Å². The summed E-state index contributed by atoms with van der Waals surface area (Å²) in [6, 6.07) is 10.1. The number of carbonyl (C=O) groups is 1. The highest BCUT2D eigenvalue weighted by molar-refractivity contribution is 8.00. The number of aryl methyl sites for hydroxylation is 1. The number of benzene rings is 2. The molecule has 4 aromatic rings. The van der Waals surface area contributed by atoms with Crippen molar-refractivity contribution in [3.63, 3.8) is 0 Å². The predicted octanol–water partition coefficient (Wildman–Crippen LogP) is 4.36. The van der Waals surface area contributed by atoms with Crippen LogP contribution >= 0.6 is 34.9 Å². The van der Waals surface area contributed by atoms with E-state index in [0.717, 1.165) is 20.1 Å². The summed E-state index contributed by atoms with van der Waals surface area (Å²) in [5.74, 6) is 1.16. The maximum absolute atomic E-state index is 12.3. The molecule has 0 unspecified atom stereocenters. The minimum atomic E-state index is -0.424. The Morgan fingerprint density at radius 1 is 1.27 bits per heavy atom. The normalized spacial score (nSPS) is 11.0. The Bertz CT molecular complexity index is 1320. The second kappa shape index (κ2) is 10.2. The van der Waals surface area contributed by atoms with Crippen LogP contribution in [0.25, 0.3) is 10.2 Å². The Hall–Kier alpha value is -3.16. The van der Waals surface area contributed by atoms with Gasteiger partial charge < -0.3 is 14.6 Å². The monoisotopic (exact) mass is 502 g/mol. The van der Waals surface area contributed by atoms with Crippen LogP contribution in [0.1, 0.15) is 5.56 Å². The molecule has 0 aliphatic rings. The number of nitrogens with one attached hydrogen (secondary N) is 1. The van der Waals surface area contributed by atoms with Crippen molar-refractivity contribution in [2.24, 2.45) is 7.05 Å². The van der Waals surface area contributed by atoms with Crippen LogP contribution in [0.2, 0.25) is 0 Å². The van der Waals surface area contributed by atoms with E-state index >= 15 is 0 Å². The third-order valence-corrected chi connectivity index (χ3v) is 7.73. The van der Waals surface area contributed by atoms with Crippen LogP contribution in [0.3, 0.4) is 0 Å². The van der Waals surface area contributed by atoms with Crippen molar-refractivity contribution < 1.29 is 14.5 Å². The second-order valence-corrected chi connectivity index (χ2v) is 9.96. The first-order valence-corrected chi connectivity index (χ1v) is 12.3. The van der Waals surface area contributed by atoms with E-state index in [1.807, 2.05) is 25.2 Å². The largest absolute Gasteiger partial charge is 0.496 e. The van der Waals surface area contributed by atoms with Gasteiger partial charge in [0.1, 0.15) is 12.1 Å². The SMILES string of the molecule is COc1ccc([N+](=O)[O-])cc1CSc1nc2ccc(NC(=O)CSc3nncn3C)cc2s1. The smallest absolute Gasteiger partial charge is 0.270 e. The van der Waals surface area contributed by atoms with E-state index in [0.29, 0.717) is 22.3 Å². The molecule has 0 spiro atoms. The lowest BCUT2D eigenvalue weighted by atomic mass is 10.2. The summed E-state index contributed by atoms with van der Waals surface area (Å²) in [4.78, 5) is 27.6. The second-order valence-electron chi connectivity index (χ2n) is 6.77. The van der Waals surface area contributed by atoms with Crippen molar-refractivity contribution in [3.8, 4) is 5.75 Å². The maximum atomic E-state index is 12.3. The fraction of sp³-hybridized carbons (Fsp3) is 0.200. The molecule has 2 heterocycles. The lowest BCUT2D eigenvalue weighted by molar-refractivity contribution is -0.384. The molecule has 2 aromatic carbocycles. The molecular weight excluding hydrogens is 484 g/mol. The Balaban J connectivity index is 1.41. The number of ether oxygens (including phenoxy) is 1. The lowest BCUT2D eigenvalue weighted by Gasteiger charge is -2.06. The van der Waals surface area contributed by atoms with E-state index in [1.54, 1.807) is 17.0 Å². The molecule has 0 fully saturated rings. The van der Waals surface area contributed by atoms with Gasteiger partial charge in [-0.2, -0.15) is 0 Å². The van der Waals surface area contributed by atoms with Crippen molar-refractivity contribution >= 4 is 62.4 Å². The molecule has 33 heavy (non-hydrogen) atoms. The predicted molar refractivity (Wildman–Crippen MR) is 129 cm³/mol. The minimum absolute atomic E-state index is 0.0217. The van der Waals surface area contributed by atoms with E-state index in [4.69, 9.17) is 4.74 Å². The number of thioether (sulfide) groups is 2. The van der Waals surface area contributed by atoms with Crippen LogP contribution in [-0.2, 0) is 17.6 Å². The third-order valence-electron chi connectivity index (χ3n) is 4.48. The first-order chi connectivity index (χ1) is 15.9. The molecule has 4 rings (SSSR count). The van der Waals surface area contributed by atoms with Gasteiger partial charge in [-0.05, 0) is 24.3 Å². The van der Waals surface area contributed by atoms with E-state index < -0.39 is 4.92 Å². The van der Waals surface area contributed by atoms with Gasteiger partial charge in [0.2, 0.25) is 5.91 Å². The molecule has 0 radical (unpaired) electrons. The number of hydrogen-bond acceptors (Lipinski definition) is 10. The number of anilines is 1. The van der Waals surface area contributed by atoms with E-state index in [2.05, 4.69) is 20.5 Å². The van der Waals surface area contributed by atoms with E-state index in [9.17, 15) is 14.9 Å². The highest BCUT2D eigenvalue weighted by Gasteiger charge is 2.14. The fourth-order valence-corrected chi connectivity index (χ4v) is 5.68. The number of non-ortho nitro benzene ring substituents is 1. The van der Waals surface area contributed by atoms with Gasteiger partial charge in [0.05, 0.1) is 28.0 Å². The number of methoxy groups -OCH3 is 1. The van der Waals surface area contributed by atoms with Crippen molar-refractivity contribution in [2.75, 3.05) is 18.2 Å². The highest BCUT2D eigenvalue weighted by atomic mass is 32.2. The molecule has 0 saturated heterocycles. The topological polar surface area (TPSA) is 125 Å². The first-order valence-electron chi connectivity index (χ1n) is 9.54. The number of amides is 1. The zero-order valence-corrected chi connectivity index (χ0v) is 20.0. The van der Waals surface area contributed by atoms with Gasteiger partial charge in [0.25, 0.3) is 5.69 Å². The summed E-state index contributed by atoms with van der Waals surface area (Å²) in [5.41, 5.74) is 2.25. The van der Waals surface area contributed by atoms with Gasteiger partial charge in [-0.25, -0.2) is 4.98 Å². The van der Waals surface area contributed by atoms with Gasteiger partial charge in [-0.3, -0.25) is 14.9 Å².